The number of aliphatic hydroxyl groups excluding tert-OH is 1. The van der Waals surface area contributed by atoms with Crippen LogP contribution in [0.2, 0.25) is 0 Å². The molecular weight excluding hydrogens is 222 g/mol. The molecule has 12 heavy (non-hydrogen) atoms. The molecule has 0 aliphatic carbocycles. The summed E-state index contributed by atoms with van der Waals surface area (Å²) in [6, 6.07) is 0. The third-order valence-electron chi connectivity index (χ3n) is 1.97. The lowest BCUT2D eigenvalue weighted by atomic mass is 10.1. The molecular formula is C8H16BrNO2. The van der Waals surface area contributed by atoms with Gasteiger partial charge in [-0.2, -0.15) is 0 Å². The number of aliphatic hydroxyl groups is 1. The van der Waals surface area contributed by atoms with Crippen molar-refractivity contribution < 1.29 is 9.90 Å². The second-order valence-electron chi connectivity index (χ2n) is 3.48. The molecule has 0 aromatic heterocycles. The number of carbonyl (C=O) groups is 1. The molecule has 0 saturated carbocycles. The van der Waals surface area contributed by atoms with E-state index in [1.165, 1.54) is 0 Å². The number of alkyl halides is 1. The number of hydrogen-bond acceptors (Lipinski definition) is 2. The van der Waals surface area contributed by atoms with E-state index in [0.29, 0.717) is 0 Å². The Balaban J connectivity index is 4.38. The van der Waals surface area contributed by atoms with Crippen molar-refractivity contribution in [3.05, 3.63) is 0 Å². The summed E-state index contributed by atoms with van der Waals surface area (Å²) in [7, 11) is 1.69. The van der Waals surface area contributed by atoms with E-state index in [4.69, 9.17) is 5.11 Å². The van der Waals surface area contributed by atoms with Crippen LogP contribution in [0.3, 0.4) is 0 Å². The quantitative estimate of drug-likeness (QED) is 0.745. The van der Waals surface area contributed by atoms with E-state index in [2.05, 4.69) is 15.9 Å². The summed E-state index contributed by atoms with van der Waals surface area (Å²) < 4.78 is 0. The maximum Gasteiger partial charge on any atom is 0.236 e. The highest BCUT2D eigenvalue weighted by molar-refractivity contribution is 9.10. The number of carbonyl (C=O) groups excluding carboxylic acids is 1. The van der Waals surface area contributed by atoms with Gasteiger partial charge in [-0.3, -0.25) is 4.79 Å². The third kappa shape index (κ3) is 2.75. The molecule has 0 heterocycles. The normalized spacial score (nSPS) is 14.2. The largest absolute Gasteiger partial charge is 0.394 e. The fourth-order valence-electron chi connectivity index (χ4n) is 0.671. The first-order chi connectivity index (χ1) is 5.33. The third-order valence-corrected chi connectivity index (χ3v) is 2.36. The molecule has 4 heteroatoms. The van der Waals surface area contributed by atoms with Gasteiger partial charge in [0.05, 0.1) is 17.0 Å². The Labute approximate surface area is 81.9 Å². The van der Waals surface area contributed by atoms with Crippen LogP contribution >= 0.6 is 15.9 Å². The van der Waals surface area contributed by atoms with Crippen molar-refractivity contribution in [3.8, 4) is 0 Å². The molecule has 72 valence electrons. The second-order valence-corrected chi connectivity index (χ2v) is 4.86. The Kier molecular flexibility index (Phi) is 4.20. The topological polar surface area (TPSA) is 40.5 Å². The molecule has 0 saturated heterocycles. The van der Waals surface area contributed by atoms with Gasteiger partial charge in [0.1, 0.15) is 0 Å². The van der Waals surface area contributed by atoms with E-state index >= 15 is 0 Å². The Bertz CT molecular complexity index is 168. The van der Waals surface area contributed by atoms with Gasteiger partial charge in [0.2, 0.25) is 5.91 Å². The molecule has 1 atom stereocenters. The minimum atomic E-state index is -0.487. The van der Waals surface area contributed by atoms with Crippen LogP contribution in [-0.2, 0) is 4.79 Å². The number of rotatable bonds is 3. The van der Waals surface area contributed by atoms with Gasteiger partial charge in [-0.15, -0.1) is 0 Å². The fraction of sp³-hybridized carbons (Fsp3) is 0.875. The van der Waals surface area contributed by atoms with Crippen LogP contribution in [0, 0.1) is 0 Å². The average molecular weight is 238 g/mol. The molecule has 0 aliphatic heterocycles. The van der Waals surface area contributed by atoms with Crippen molar-refractivity contribution in [1.29, 1.82) is 0 Å². The SMILES string of the molecule is CC(Br)C(=O)N(C)C(C)(C)CO. The molecule has 1 unspecified atom stereocenters. The van der Waals surface area contributed by atoms with Gasteiger partial charge < -0.3 is 10.0 Å². The summed E-state index contributed by atoms with van der Waals surface area (Å²) in [6.45, 7) is 5.38. The summed E-state index contributed by atoms with van der Waals surface area (Å²) in [6.07, 6.45) is 0. The van der Waals surface area contributed by atoms with Gasteiger partial charge >= 0.3 is 0 Å². The second kappa shape index (κ2) is 4.23. The molecule has 1 amide bonds. The van der Waals surface area contributed by atoms with Gasteiger partial charge in [-0.25, -0.2) is 0 Å². The lowest BCUT2D eigenvalue weighted by Crippen LogP contribution is -2.49. The highest BCUT2D eigenvalue weighted by atomic mass is 79.9. The van der Waals surface area contributed by atoms with E-state index in [-0.39, 0.29) is 17.3 Å². The molecule has 0 spiro atoms. The lowest BCUT2D eigenvalue weighted by Gasteiger charge is -2.34. The van der Waals surface area contributed by atoms with Crippen molar-refractivity contribution >= 4 is 21.8 Å². The fourth-order valence-corrected chi connectivity index (χ4v) is 0.978. The van der Waals surface area contributed by atoms with Gasteiger partial charge in [0, 0.05) is 7.05 Å². The molecule has 0 rings (SSSR count). The maximum absolute atomic E-state index is 11.4. The maximum atomic E-state index is 11.4. The first kappa shape index (κ1) is 11.9. The van der Waals surface area contributed by atoms with Crippen LogP contribution in [0.5, 0.6) is 0 Å². The zero-order chi connectivity index (χ0) is 9.94. The van der Waals surface area contributed by atoms with E-state index in [1.807, 2.05) is 13.8 Å². The molecule has 1 N–H and O–H groups in total. The van der Waals surface area contributed by atoms with Gasteiger partial charge in [0.15, 0.2) is 0 Å². The molecule has 0 aromatic rings. The van der Waals surface area contributed by atoms with Crippen LogP contribution in [0.1, 0.15) is 20.8 Å². The molecule has 0 aromatic carbocycles. The minimum absolute atomic E-state index is 0.0194. The summed E-state index contributed by atoms with van der Waals surface area (Å²) >= 11 is 3.19. The van der Waals surface area contributed by atoms with Gasteiger partial charge in [-0.1, -0.05) is 15.9 Å². The van der Waals surface area contributed by atoms with Crippen LogP contribution in [-0.4, -0.2) is 39.9 Å². The van der Waals surface area contributed by atoms with Crippen LogP contribution in [0.15, 0.2) is 0 Å². The number of likely N-dealkylation sites (N-methyl/N-ethyl adjacent to an activating group) is 1. The standard InChI is InChI=1S/C8H16BrNO2/c1-6(9)7(12)10(4)8(2,3)5-11/h6,11H,5H2,1-4H3. The predicted octanol–water partition coefficient (Wildman–Crippen LogP) is 0.999. The lowest BCUT2D eigenvalue weighted by molar-refractivity contribution is -0.134. The van der Waals surface area contributed by atoms with Crippen molar-refractivity contribution in [3.63, 3.8) is 0 Å². The molecule has 0 fully saturated rings. The van der Waals surface area contributed by atoms with Crippen LogP contribution in [0.4, 0.5) is 0 Å². The summed E-state index contributed by atoms with van der Waals surface area (Å²) in [5, 5.41) is 8.99. The zero-order valence-electron chi connectivity index (χ0n) is 7.97. The van der Waals surface area contributed by atoms with Crippen molar-refractivity contribution in [1.82, 2.24) is 4.90 Å². The minimum Gasteiger partial charge on any atom is -0.394 e. The Morgan fingerprint density at radius 2 is 2.08 bits per heavy atom. The number of hydrogen-bond donors (Lipinski definition) is 1. The first-order valence-corrected chi connectivity index (χ1v) is 4.77. The number of halogens is 1. The Morgan fingerprint density at radius 3 is 2.33 bits per heavy atom. The highest BCUT2D eigenvalue weighted by Gasteiger charge is 2.28. The van der Waals surface area contributed by atoms with E-state index in [1.54, 1.807) is 18.9 Å². The highest BCUT2D eigenvalue weighted by Crippen LogP contribution is 2.14. The van der Waals surface area contributed by atoms with Crippen molar-refractivity contribution in [2.24, 2.45) is 0 Å². The summed E-state index contributed by atoms with van der Waals surface area (Å²) in [5.74, 6) is -0.0194. The molecule has 0 radical (unpaired) electrons. The first-order valence-electron chi connectivity index (χ1n) is 3.85. The van der Waals surface area contributed by atoms with Crippen molar-refractivity contribution in [2.45, 2.75) is 31.1 Å². The Hall–Kier alpha value is -0.0900. The Morgan fingerprint density at radius 1 is 1.67 bits per heavy atom. The van der Waals surface area contributed by atoms with E-state index in [0.717, 1.165) is 0 Å². The summed E-state index contributed by atoms with van der Waals surface area (Å²) in [4.78, 5) is 12.8. The van der Waals surface area contributed by atoms with E-state index < -0.39 is 5.54 Å². The molecule has 0 aliphatic rings. The zero-order valence-corrected chi connectivity index (χ0v) is 9.55. The number of nitrogens with zero attached hydrogens (tertiary/aromatic N) is 1. The van der Waals surface area contributed by atoms with Gasteiger partial charge in [0.25, 0.3) is 0 Å². The molecule has 3 nitrogen and oxygen atoms in total. The van der Waals surface area contributed by atoms with E-state index in [9.17, 15) is 4.79 Å². The predicted molar refractivity (Wildman–Crippen MR) is 52.3 cm³/mol. The van der Waals surface area contributed by atoms with Gasteiger partial charge in [-0.05, 0) is 20.8 Å². The number of amides is 1. The van der Waals surface area contributed by atoms with Crippen LogP contribution < -0.4 is 0 Å². The van der Waals surface area contributed by atoms with Crippen LogP contribution in [0.25, 0.3) is 0 Å². The smallest absolute Gasteiger partial charge is 0.236 e. The van der Waals surface area contributed by atoms with Crippen molar-refractivity contribution in [2.75, 3.05) is 13.7 Å². The molecule has 0 bridgehead atoms. The summed E-state index contributed by atoms with van der Waals surface area (Å²) in [5.41, 5.74) is -0.487. The monoisotopic (exact) mass is 237 g/mol. The average Bonchev–Trinajstić information content (AvgIpc) is 2.01.